The number of amides is 1. The highest BCUT2D eigenvalue weighted by Gasteiger charge is 2.30. The van der Waals surface area contributed by atoms with Crippen molar-refractivity contribution >= 4 is 69.0 Å². The van der Waals surface area contributed by atoms with E-state index in [0.717, 1.165) is 48.4 Å². The summed E-state index contributed by atoms with van der Waals surface area (Å²) >= 11 is 19.6. The van der Waals surface area contributed by atoms with Gasteiger partial charge in [-0.3, -0.25) is 9.69 Å². The Bertz CT molecular complexity index is 2380. The van der Waals surface area contributed by atoms with Gasteiger partial charge in [-0.2, -0.15) is 0 Å². The van der Waals surface area contributed by atoms with Crippen LogP contribution in [0.25, 0.3) is 33.4 Å². The van der Waals surface area contributed by atoms with Crippen LogP contribution in [0.1, 0.15) is 71.5 Å². The number of rotatable bonds is 9. The predicted molar refractivity (Wildman–Crippen MR) is 222 cm³/mol. The quantitative estimate of drug-likeness (QED) is 0.135. The van der Waals surface area contributed by atoms with Gasteiger partial charge in [0, 0.05) is 69.3 Å². The number of hydrogen-bond acceptors (Lipinski definition) is 5. The molecule has 4 aromatic carbocycles. The fraction of sp³-hybridized carbons (Fsp3) is 0.279. The number of aromatic carboxylic acids is 1. The number of fused-ring (bicyclic) bond motifs is 1. The second-order valence-corrected chi connectivity index (χ2v) is 15.7. The SMILES string of the molecule is C[C@@H](c1ccc(Cl)cc1Cl)n1cnc(-c2ccccc2)c1-c1c(C(=O)Nc2cc(C(=O)O)ccc2N2CCN(C3CCCCC3)CC2)[nH]c2cc(Cl)ccc12. The molecule has 0 bridgehead atoms. The van der Waals surface area contributed by atoms with Crippen molar-refractivity contribution in [3.63, 3.8) is 0 Å². The molecule has 55 heavy (non-hydrogen) atoms. The summed E-state index contributed by atoms with van der Waals surface area (Å²) in [4.78, 5) is 40.2. The van der Waals surface area contributed by atoms with Gasteiger partial charge >= 0.3 is 5.97 Å². The fourth-order valence-corrected chi connectivity index (χ4v) is 9.03. The standard InChI is InChI=1S/C43H41Cl3N6O3/c1-26(32-15-13-29(44)23-34(32)46)52-25-47-39(27-8-4-2-5-9-27)41(52)38-33-16-14-30(45)24-35(33)48-40(38)42(53)49-36-22-28(43(54)55)12-17-37(36)51-20-18-50(19-21-51)31-10-6-3-7-11-31/h2,4-5,8-9,12-17,22-26,31,48H,3,6-7,10-11,18-21H2,1H3,(H,49,53)(H,54,55)/t26-/m0/s1. The van der Waals surface area contributed by atoms with Gasteiger partial charge in [-0.15, -0.1) is 0 Å². The zero-order valence-electron chi connectivity index (χ0n) is 30.4. The molecule has 1 saturated heterocycles. The van der Waals surface area contributed by atoms with E-state index in [1.165, 1.54) is 32.1 Å². The highest BCUT2D eigenvalue weighted by molar-refractivity contribution is 6.35. The number of halogens is 3. The molecule has 1 saturated carbocycles. The second-order valence-electron chi connectivity index (χ2n) is 14.4. The van der Waals surface area contributed by atoms with Gasteiger partial charge < -0.3 is 24.9 Å². The second kappa shape index (κ2) is 15.7. The van der Waals surface area contributed by atoms with Crippen molar-refractivity contribution in [2.75, 3.05) is 36.4 Å². The smallest absolute Gasteiger partial charge is 0.335 e. The zero-order valence-corrected chi connectivity index (χ0v) is 32.6. The summed E-state index contributed by atoms with van der Waals surface area (Å²) in [6, 6.07) is 26.0. The van der Waals surface area contributed by atoms with Crippen LogP contribution in [0.15, 0.2) is 91.3 Å². The highest BCUT2D eigenvalue weighted by atomic mass is 35.5. The minimum Gasteiger partial charge on any atom is -0.478 e. The third-order valence-electron chi connectivity index (χ3n) is 11.1. The predicted octanol–water partition coefficient (Wildman–Crippen LogP) is 10.7. The number of hydrogen-bond donors (Lipinski definition) is 3. The number of carboxylic acid groups (broad SMARTS) is 1. The molecule has 12 heteroatoms. The summed E-state index contributed by atoms with van der Waals surface area (Å²) in [6.45, 7) is 5.39. The van der Waals surface area contributed by atoms with Crippen LogP contribution in [0, 0.1) is 0 Å². The number of benzene rings is 4. The minimum absolute atomic E-state index is 0.0849. The number of carbonyl (C=O) groups is 2. The summed E-state index contributed by atoms with van der Waals surface area (Å²) < 4.78 is 2.02. The summed E-state index contributed by atoms with van der Waals surface area (Å²) in [5.41, 5.74) is 5.92. The van der Waals surface area contributed by atoms with Gasteiger partial charge in [0.15, 0.2) is 0 Å². The van der Waals surface area contributed by atoms with E-state index in [4.69, 9.17) is 39.8 Å². The average molecular weight is 796 g/mol. The molecule has 2 aromatic heterocycles. The number of H-pyrrole nitrogens is 1. The molecular weight excluding hydrogens is 755 g/mol. The lowest BCUT2D eigenvalue weighted by Crippen LogP contribution is -2.51. The first-order valence-electron chi connectivity index (χ1n) is 18.7. The van der Waals surface area contributed by atoms with E-state index in [-0.39, 0.29) is 17.3 Å². The lowest BCUT2D eigenvalue weighted by Gasteiger charge is -2.42. The minimum atomic E-state index is -1.07. The maximum atomic E-state index is 14.8. The lowest BCUT2D eigenvalue weighted by molar-refractivity contribution is 0.0696. The number of carbonyl (C=O) groups excluding carboxylic acids is 1. The van der Waals surface area contributed by atoms with Crippen LogP contribution in [-0.2, 0) is 0 Å². The van der Waals surface area contributed by atoms with Gasteiger partial charge in [0.25, 0.3) is 5.91 Å². The first kappa shape index (κ1) is 37.1. The normalized spacial score (nSPS) is 16.0. The Morgan fingerprint density at radius 1 is 0.873 bits per heavy atom. The van der Waals surface area contributed by atoms with Crippen LogP contribution in [0.5, 0.6) is 0 Å². The molecular formula is C43H41Cl3N6O3. The maximum absolute atomic E-state index is 14.8. The molecule has 2 fully saturated rings. The van der Waals surface area contributed by atoms with Crippen molar-refractivity contribution in [1.82, 2.24) is 19.4 Å². The zero-order chi connectivity index (χ0) is 38.2. The number of nitrogens with one attached hydrogen (secondary N) is 2. The number of aromatic nitrogens is 3. The Balaban J connectivity index is 1.23. The monoisotopic (exact) mass is 794 g/mol. The van der Waals surface area contributed by atoms with E-state index >= 15 is 0 Å². The third-order valence-corrected chi connectivity index (χ3v) is 11.9. The number of aromatic amines is 1. The fourth-order valence-electron chi connectivity index (χ4n) is 8.29. The van der Waals surface area contributed by atoms with E-state index < -0.39 is 11.9 Å². The first-order valence-corrected chi connectivity index (χ1v) is 19.9. The lowest BCUT2D eigenvalue weighted by atomic mass is 9.94. The molecule has 6 aromatic rings. The first-order chi connectivity index (χ1) is 26.7. The molecule has 2 aliphatic rings. The average Bonchev–Trinajstić information content (AvgIpc) is 3.80. The van der Waals surface area contributed by atoms with Gasteiger partial charge in [-0.05, 0) is 67.8 Å². The van der Waals surface area contributed by atoms with Crippen molar-refractivity contribution in [3.05, 3.63) is 123 Å². The number of imidazole rings is 1. The molecule has 3 N–H and O–H groups in total. The van der Waals surface area contributed by atoms with E-state index in [1.807, 2.05) is 54.0 Å². The van der Waals surface area contributed by atoms with E-state index in [9.17, 15) is 14.7 Å². The maximum Gasteiger partial charge on any atom is 0.335 e. The molecule has 1 atom stereocenters. The Morgan fingerprint density at radius 3 is 2.33 bits per heavy atom. The summed E-state index contributed by atoms with van der Waals surface area (Å²) in [5, 5.41) is 15.5. The van der Waals surface area contributed by atoms with Gasteiger partial charge in [0.1, 0.15) is 5.69 Å². The topological polar surface area (TPSA) is 106 Å². The molecule has 9 nitrogen and oxygen atoms in total. The summed E-state index contributed by atoms with van der Waals surface area (Å²) in [7, 11) is 0. The molecule has 0 radical (unpaired) electrons. The van der Waals surface area contributed by atoms with Crippen LogP contribution in [-0.4, -0.2) is 68.6 Å². The molecule has 8 rings (SSSR count). The summed E-state index contributed by atoms with van der Waals surface area (Å²) in [6.07, 6.45) is 8.12. The highest BCUT2D eigenvalue weighted by Crippen LogP contribution is 2.43. The van der Waals surface area contributed by atoms with Crippen molar-refractivity contribution in [3.8, 4) is 22.5 Å². The molecule has 1 aliphatic carbocycles. The molecule has 0 unspecified atom stereocenters. The third kappa shape index (κ3) is 7.46. The molecule has 1 amide bonds. The Labute approximate surface area is 334 Å². The van der Waals surface area contributed by atoms with Crippen LogP contribution in [0.3, 0.4) is 0 Å². The molecule has 282 valence electrons. The van der Waals surface area contributed by atoms with Gasteiger partial charge in [-0.1, -0.05) is 96.5 Å². The van der Waals surface area contributed by atoms with Crippen molar-refractivity contribution in [2.45, 2.75) is 51.1 Å². The number of carboxylic acids is 1. The van der Waals surface area contributed by atoms with Crippen molar-refractivity contribution < 1.29 is 14.7 Å². The van der Waals surface area contributed by atoms with Crippen LogP contribution in [0.4, 0.5) is 11.4 Å². The molecule has 3 heterocycles. The molecule has 0 spiro atoms. The van der Waals surface area contributed by atoms with Gasteiger partial charge in [0.05, 0.1) is 40.7 Å². The number of anilines is 2. The van der Waals surface area contributed by atoms with Crippen LogP contribution >= 0.6 is 34.8 Å². The van der Waals surface area contributed by atoms with Crippen molar-refractivity contribution in [2.24, 2.45) is 0 Å². The number of piperazine rings is 1. The van der Waals surface area contributed by atoms with E-state index in [1.54, 1.807) is 48.8 Å². The van der Waals surface area contributed by atoms with Crippen LogP contribution < -0.4 is 10.2 Å². The van der Waals surface area contributed by atoms with E-state index in [2.05, 4.69) is 20.1 Å². The Hall–Kier alpha value is -4.80. The van der Waals surface area contributed by atoms with Crippen LogP contribution in [0.2, 0.25) is 15.1 Å². The van der Waals surface area contributed by atoms with E-state index in [0.29, 0.717) is 49.3 Å². The van der Waals surface area contributed by atoms with Crippen molar-refractivity contribution in [1.29, 1.82) is 0 Å². The number of nitrogens with zero attached hydrogens (tertiary/aromatic N) is 4. The van der Waals surface area contributed by atoms with Gasteiger partial charge in [-0.25, -0.2) is 9.78 Å². The largest absolute Gasteiger partial charge is 0.478 e. The van der Waals surface area contributed by atoms with Gasteiger partial charge in [0.2, 0.25) is 0 Å². The summed E-state index contributed by atoms with van der Waals surface area (Å²) in [5.74, 6) is -1.51. The molecule has 1 aliphatic heterocycles. The Morgan fingerprint density at radius 2 is 1.60 bits per heavy atom. The Kier molecular flexibility index (Phi) is 10.6.